The van der Waals surface area contributed by atoms with E-state index in [0.29, 0.717) is 0 Å². The minimum Gasteiger partial charge on any atom is -0.311 e. The van der Waals surface area contributed by atoms with E-state index in [0.717, 1.165) is 6.42 Å². The van der Waals surface area contributed by atoms with E-state index in [4.69, 9.17) is 0 Å². The first-order valence-electron chi connectivity index (χ1n) is 7.10. The Bertz CT molecular complexity index is 528. The summed E-state index contributed by atoms with van der Waals surface area (Å²) in [5.41, 5.74) is 3.56. The van der Waals surface area contributed by atoms with Crippen LogP contribution in [0.15, 0.2) is 84.6 Å². The third kappa shape index (κ3) is 3.39. The van der Waals surface area contributed by atoms with Crippen molar-refractivity contribution in [2.24, 2.45) is 0 Å². The summed E-state index contributed by atoms with van der Waals surface area (Å²) in [4.78, 5) is 2.28. The molecule has 0 radical (unpaired) electrons. The van der Waals surface area contributed by atoms with E-state index < -0.39 is 0 Å². The van der Waals surface area contributed by atoms with Crippen molar-refractivity contribution >= 4 is 11.4 Å². The summed E-state index contributed by atoms with van der Waals surface area (Å²) in [5.74, 6) is 0. The molecular weight excluding hydrogens is 242 g/mol. The third-order valence-corrected chi connectivity index (χ3v) is 3.04. The third-order valence-electron chi connectivity index (χ3n) is 3.04. The van der Waals surface area contributed by atoms with Crippen molar-refractivity contribution in [3.63, 3.8) is 0 Å². The van der Waals surface area contributed by atoms with Gasteiger partial charge in [0.15, 0.2) is 0 Å². The van der Waals surface area contributed by atoms with Gasteiger partial charge in [-0.2, -0.15) is 0 Å². The predicted molar refractivity (Wildman–Crippen MR) is 88.2 cm³/mol. The zero-order valence-corrected chi connectivity index (χ0v) is 12.2. The topological polar surface area (TPSA) is 3.24 Å². The number of benzene rings is 2. The Morgan fingerprint density at radius 2 is 1.40 bits per heavy atom. The Balaban J connectivity index is 2.52. The number of nitrogens with zero attached hydrogens (tertiary/aromatic N) is 1. The van der Waals surface area contributed by atoms with E-state index in [1.165, 1.54) is 17.1 Å². The minimum atomic E-state index is 1.01. The van der Waals surface area contributed by atoms with Crippen LogP contribution in [0, 0.1) is 0 Å². The van der Waals surface area contributed by atoms with Gasteiger partial charge in [0.25, 0.3) is 0 Å². The highest BCUT2D eigenvalue weighted by molar-refractivity contribution is 5.69. The second-order valence-electron chi connectivity index (χ2n) is 4.54. The van der Waals surface area contributed by atoms with Crippen LogP contribution in [0.25, 0.3) is 0 Å². The summed E-state index contributed by atoms with van der Waals surface area (Å²) >= 11 is 0. The molecule has 0 amide bonds. The summed E-state index contributed by atoms with van der Waals surface area (Å²) < 4.78 is 0. The van der Waals surface area contributed by atoms with Crippen LogP contribution < -0.4 is 4.90 Å². The first kappa shape index (κ1) is 14.1. The summed E-state index contributed by atoms with van der Waals surface area (Å²) in [6.45, 7) is 4.22. The highest BCUT2D eigenvalue weighted by Gasteiger charge is 2.11. The minimum absolute atomic E-state index is 1.01. The molecular formula is C19H21N. The predicted octanol–water partition coefficient (Wildman–Crippen LogP) is 5.69. The lowest BCUT2D eigenvalue weighted by Crippen LogP contribution is -2.15. The van der Waals surface area contributed by atoms with E-state index in [-0.39, 0.29) is 0 Å². The Kier molecular flexibility index (Phi) is 5.19. The Hall–Kier alpha value is -2.28. The van der Waals surface area contributed by atoms with E-state index in [9.17, 15) is 0 Å². The molecule has 1 nitrogen and oxygen atoms in total. The lowest BCUT2D eigenvalue weighted by atomic mass is 10.2. The molecule has 2 aromatic carbocycles. The maximum atomic E-state index is 2.28. The molecule has 0 N–H and O–H groups in total. The Morgan fingerprint density at radius 3 is 1.80 bits per heavy atom. The Morgan fingerprint density at radius 1 is 0.900 bits per heavy atom. The average molecular weight is 263 g/mol. The molecule has 0 fully saturated rings. The number of rotatable bonds is 5. The fourth-order valence-electron chi connectivity index (χ4n) is 2.22. The SMILES string of the molecule is C/C=C\C(=C/CC)N(c1ccccc1)c1ccccc1. The van der Waals surface area contributed by atoms with E-state index >= 15 is 0 Å². The molecule has 0 aromatic heterocycles. The number of hydrogen-bond donors (Lipinski definition) is 0. The summed E-state index contributed by atoms with van der Waals surface area (Å²) in [7, 11) is 0. The van der Waals surface area contributed by atoms with Crippen LogP contribution in [0.3, 0.4) is 0 Å². The maximum absolute atomic E-state index is 2.28. The van der Waals surface area contributed by atoms with Crippen molar-refractivity contribution in [1.82, 2.24) is 0 Å². The molecule has 0 atom stereocenters. The van der Waals surface area contributed by atoms with Crippen LogP contribution in [0.4, 0.5) is 11.4 Å². The van der Waals surface area contributed by atoms with Crippen molar-refractivity contribution in [2.45, 2.75) is 20.3 Å². The monoisotopic (exact) mass is 263 g/mol. The van der Waals surface area contributed by atoms with Gasteiger partial charge in [-0.05, 0) is 43.7 Å². The van der Waals surface area contributed by atoms with Crippen LogP contribution in [0.2, 0.25) is 0 Å². The van der Waals surface area contributed by atoms with Gasteiger partial charge in [0, 0.05) is 17.1 Å². The molecule has 1 heteroatoms. The van der Waals surface area contributed by atoms with Gasteiger partial charge in [0.1, 0.15) is 0 Å². The van der Waals surface area contributed by atoms with E-state index in [1.807, 2.05) is 12.1 Å². The van der Waals surface area contributed by atoms with Crippen molar-refractivity contribution in [2.75, 3.05) is 4.90 Å². The van der Waals surface area contributed by atoms with Crippen LogP contribution in [0.1, 0.15) is 20.3 Å². The number of allylic oxidation sites excluding steroid dienone is 3. The molecule has 0 aliphatic carbocycles. The number of hydrogen-bond acceptors (Lipinski definition) is 1. The highest BCUT2D eigenvalue weighted by Crippen LogP contribution is 2.30. The fraction of sp³-hybridized carbons (Fsp3) is 0.158. The smallest absolute Gasteiger partial charge is 0.0461 e. The molecule has 0 bridgehead atoms. The lowest BCUT2D eigenvalue weighted by Gasteiger charge is -2.26. The van der Waals surface area contributed by atoms with Gasteiger partial charge in [-0.25, -0.2) is 0 Å². The summed E-state index contributed by atoms with van der Waals surface area (Å²) in [5, 5.41) is 0. The lowest BCUT2D eigenvalue weighted by molar-refractivity contribution is 1.13. The zero-order chi connectivity index (χ0) is 14.2. The zero-order valence-electron chi connectivity index (χ0n) is 12.2. The average Bonchev–Trinajstić information content (AvgIpc) is 2.50. The molecule has 0 spiro atoms. The van der Waals surface area contributed by atoms with Gasteiger partial charge in [-0.1, -0.05) is 55.5 Å². The molecule has 0 aliphatic heterocycles. The van der Waals surface area contributed by atoms with Crippen molar-refractivity contribution in [1.29, 1.82) is 0 Å². The number of para-hydroxylation sites is 2. The van der Waals surface area contributed by atoms with Gasteiger partial charge in [0.05, 0.1) is 0 Å². The highest BCUT2D eigenvalue weighted by atomic mass is 15.1. The molecule has 20 heavy (non-hydrogen) atoms. The molecule has 2 rings (SSSR count). The van der Waals surface area contributed by atoms with Crippen LogP contribution in [-0.2, 0) is 0 Å². The quantitative estimate of drug-likeness (QED) is 0.626. The second kappa shape index (κ2) is 7.34. The maximum Gasteiger partial charge on any atom is 0.0461 e. The molecule has 0 unspecified atom stereocenters. The first-order valence-corrected chi connectivity index (χ1v) is 7.10. The standard InChI is InChI=1S/C19H21N/c1-3-11-17(12-4-2)20(18-13-7-5-8-14-18)19-15-9-6-10-16-19/h3,5-16H,4H2,1-2H3/b11-3-,17-12+. The molecule has 2 aromatic rings. The van der Waals surface area contributed by atoms with Crippen LogP contribution in [0.5, 0.6) is 0 Å². The van der Waals surface area contributed by atoms with E-state index in [2.05, 4.69) is 85.5 Å². The normalized spacial score (nSPS) is 11.8. The molecule has 0 saturated heterocycles. The van der Waals surface area contributed by atoms with Crippen molar-refractivity contribution in [3.8, 4) is 0 Å². The van der Waals surface area contributed by atoms with Gasteiger partial charge in [0.2, 0.25) is 0 Å². The summed E-state index contributed by atoms with van der Waals surface area (Å²) in [6.07, 6.45) is 7.50. The fourth-order valence-corrected chi connectivity index (χ4v) is 2.22. The van der Waals surface area contributed by atoms with Gasteiger partial charge < -0.3 is 4.90 Å². The second-order valence-corrected chi connectivity index (χ2v) is 4.54. The largest absolute Gasteiger partial charge is 0.311 e. The van der Waals surface area contributed by atoms with Gasteiger partial charge in [-0.3, -0.25) is 0 Å². The molecule has 0 heterocycles. The molecule has 0 saturated carbocycles. The summed E-state index contributed by atoms with van der Waals surface area (Å²) in [6, 6.07) is 20.9. The van der Waals surface area contributed by atoms with Gasteiger partial charge >= 0.3 is 0 Å². The van der Waals surface area contributed by atoms with Crippen molar-refractivity contribution < 1.29 is 0 Å². The Labute approximate surface area is 121 Å². The van der Waals surface area contributed by atoms with Crippen LogP contribution >= 0.6 is 0 Å². The number of anilines is 2. The molecule has 0 aliphatic rings. The van der Waals surface area contributed by atoms with Crippen LogP contribution in [-0.4, -0.2) is 0 Å². The van der Waals surface area contributed by atoms with Gasteiger partial charge in [-0.15, -0.1) is 0 Å². The molecule has 102 valence electrons. The first-order chi connectivity index (χ1) is 9.86. The van der Waals surface area contributed by atoms with E-state index in [1.54, 1.807) is 0 Å². The van der Waals surface area contributed by atoms with Crippen molar-refractivity contribution in [3.05, 3.63) is 84.6 Å².